The topological polar surface area (TPSA) is 77.2 Å². The molecular formula is C14H15Cl2N3O3. The SMILES string of the molecule is CC(C)Cc1nnc(NC(=O)COc2ccc(Cl)cc2Cl)o1. The predicted molar refractivity (Wildman–Crippen MR) is 83.4 cm³/mol. The van der Waals surface area contributed by atoms with Gasteiger partial charge >= 0.3 is 6.01 Å². The Bertz CT molecular complexity index is 659. The van der Waals surface area contributed by atoms with Gasteiger partial charge in [0, 0.05) is 11.4 Å². The predicted octanol–water partition coefficient (Wildman–Crippen LogP) is 3.59. The summed E-state index contributed by atoms with van der Waals surface area (Å²) in [6.07, 6.45) is 0.653. The highest BCUT2D eigenvalue weighted by atomic mass is 35.5. The second-order valence-corrected chi connectivity index (χ2v) is 5.85. The van der Waals surface area contributed by atoms with Crippen LogP contribution < -0.4 is 10.1 Å². The number of hydrogen-bond acceptors (Lipinski definition) is 5. The van der Waals surface area contributed by atoms with Gasteiger partial charge in [-0.15, -0.1) is 5.10 Å². The van der Waals surface area contributed by atoms with E-state index in [1.165, 1.54) is 6.07 Å². The van der Waals surface area contributed by atoms with Gasteiger partial charge in [0.25, 0.3) is 5.91 Å². The molecule has 1 heterocycles. The Morgan fingerprint density at radius 1 is 1.36 bits per heavy atom. The van der Waals surface area contributed by atoms with Crippen molar-refractivity contribution in [2.45, 2.75) is 20.3 Å². The standard InChI is InChI=1S/C14H15Cl2N3O3/c1-8(2)5-13-18-19-14(22-13)17-12(20)7-21-11-4-3-9(15)6-10(11)16/h3-4,6,8H,5,7H2,1-2H3,(H,17,19,20). The van der Waals surface area contributed by atoms with Crippen molar-refractivity contribution in [3.63, 3.8) is 0 Å². The van der Waals surface area contributed by atoms with Gasteiger partial charge in [-0.25, -0.2) is 0 Å². The van der Waals surface area contributed by atoms with E-state index < -0.39 is 5.91 Å². The molecule has 1 N–H and O–H groups in total. The monoisotopic (exact) mass is 343 g/mol. The van der Waals surface area contributed by atoms with E-state index in [0.717, 1.165) is 0 Å². The summed E-state index contributed by atoms with van der Waals surface area (Å²) in [6, 6.07) is 4.79. The van der Waals surface area contributed by atoms with E-state index in [9.17, 15) is 4.79 Å². The molecule has 22 heavy (non-hydrogen) atoms. The maximum absolute atomic E-state index is 11.8. The third kappa shape index (κ3) is 4.89. The van der Waals surface area contributed by atoms with Gasteiger partial charge in [0.05, 0.1) is 5.02 Å². The van der Waals surface area contributed by atoms with Crippen molar-refractivity contribution in [2.75, 3.05) is 11.9 Å². The highest BCUT2D eigenvalue weighted by molar-refractivity contribution is 6.35. The molecule has 0 fully saturated rings. The summed E-state index contributed by atoms with van der Waals surface area (Å²) in [5.41, 5.74) is 0. The third-order valence-corrected chi connectivity index (χ3v) is 3.08. The van der Waals surface area contributed by atoms with Gasteiger partial charge in [0.1, 0.15) is 5.75 Å². The first-order chi connectivity index (χ1) is 10.4. The maximum atomic E-state index is 11.8. The summed E-state index contributed by atoms with van der Waals surface area (Å²) < 4.78 is 10.6. The third-order valence-electron chi connectivity index (χ3n) is 2.55. The first-order valence-corrected chi connectivity index (χ1v) is 7.39. The van der Waals surface area contributed by atoms with Gasteiger partial charge in [0.15, 0.2) is 6.61 Å². The second kappa shape index (κ2) is 7.47. The highest BCUT2D eigenvalue weighted by Gasteiger charge is 2.12. The van der Waals surface area contributed by atoms with Gasteiger partial charge in [-0.05, 0) is 24.1 Å². The number of amides is 1. The number of carbonyl (C=O) groups excluding carboxylic acids is 1. The summed E-state index contributed by atoms with van der Waals surface area (Å²) in [5, 5.41) is 10.9. The highest BCUT2D eigenvalue weighted by Crippen LogP contribution is 2.27. The number of nitrogens with zero attached hydrogens (tertiary/aromatic N) is 2. The Labute approximate surface area is 137 Å². The zero-order chi connectivity index (χ0) is 16.1. The molecule has 0 unspecified atom stereocenters. The lowest BCUT2D eigenvalue weighted by molar-refractivity contribution is -0.118. The fourth-order valence-electron chi connectivity index (χ4n) is 1.63. The molecule has 0 saturated carbocycles. The number of anilines is 1. The molecular weight excluding hydrogens is 329 g/mol. The molecule has 118 valence electrons. The van der Waals surface area contributed by atoms with Crippen molar-refractivity contribution in [1.82, 2.24) is 10.2 Å². The van der Waals surface area contributed by atoms with Crippen LogP contribution in [0.15, 0.2) is 22.6 Å². The number of aromatic nitrogens is 2. The lowest BCUT2D eigenvalue weighted by Crippen LogP contribution is -2.20. The number of hydrogen-bond donors (Lipinski definition) is 1. The molecule has 6 nitrogen and oxygen atoms in total. The van der Waals surface area contributed by atoms with Crippen LogP contribution in [0.5, 0.6) is 5.75 Å². The van der Waals surface area contributed by atoms with Crippen LogP contribution in [-0.4, -0.2) is 22.7 Å². The second-order valence-electron chi connectivity index (χ2n) is 5.01. The normalized spacial score (nSPS) is 10.8. The molecule has 0 aliphatic rings. The zero-order valence-electron chi connectivity index (χ0n) is 12.1. The number of rotatable bonds is 6. The molecule has 2 rings (SSSR count). The Morgan fingerprint density at radius 2 is 2.14 bits per heavy atom. The molecule has 0 saturated heterocycles. The van der Waals surface area contributed by atoms with Crippen molar-refractivity contribution >= 4 is 35.1 Å². The average molecular weight is 344 g/mol. The minimum absolute atomic E-state index is 0.0476. The Morgan fingerprint density at radius 3 is 2.82 bits per heavy atom. The van der Waals surface area contributed by atoms with Gasteiger partial charge in [-0.1, -0.05) is 42.1 Å². The summed E-state index contributed by atoms with van der Waals surface area (Å²) in [4.78, 5) is 11.8. The van der Waals surface area contributed by atoms with E-state index in [1.807, 2.05) is 13.8 Å². The van der Waals surface area contributed by atoms with Crippen LogP contribution >= 0.6 is 23.2 Å². The molecule has 0 bridgehead atoms. The fraction of sp³-hybridized carbons (Fsp3) is 0.357. The lowest BCUT2D eigenvalue weighted by atomic mass is 10.1. The van der Waals surface area contributed by atoms with Gasteiger partial charge in [-0.3, -0.25) is 10.1 Å². The molecule has 0 atom stereocenters. The largest absolute Gasteiger partial charge is 0.482 e. The average Bonchev–Trinajstić information content (AvgIpc) is 2.84. The fourth-order valence-corrected chi connectivity index (χ4v) is 2.09. The zero-order valence-corrected chi connectivity index (χ0v) is 13.6. The molecule has 0 aliphatic heterocycles. The van der Waals surface area contributed by atoms with Crippen LogP contribution in [0.2, 0.25) is 10.0 Å². The molecule has 8 heteroatoms. The molecule has 0 spiro atoms. The van der Waals surface area contributed by atoms with Crippen molar-refractivity contribution < 1.29 is 13.9 Å². The maximum Gasteiger partial charge on any atom is 0.322 e. The number of ether oxygens (including phenoxy) is 1. The smallest absolute Gasteiger partial charge is 0.322 e. The van der Waals surface area contributed by atoms with E-state index in [1.54, 1.807) is 12.1 Å². The van der Waals surface area contributed by atoms with Crippen LogP contribution in [0.3, 0.4) is 0 Å². The van der Waals surface area contributed by atoms with E-state index >= 15 is 0 Å². The molecule has 0 radical (unpaired) electrons. The van der Waals surface area contributed by atoms with E-state index in [4.69, 9.17) is 32.4 Å². The Balaban J connectivity index is 1.86. The molecule has 0 aliphatic carbocycles. The number of benzene rings is 1. The minimum Gasteiger partial charge on any atom is -0.482 e. The van der Waals surface area contributed by atoms with Crippen LogP contribution in [0.25, 0.3) is 0 Å². The number of halogens is 2. The van der Waals surface area contributed by atoms with Crippen LogP contribution in [-0.2, 0) is 11.2 Å². The Hall–Kier alpha value is -1.79. The quantitative estimate of drug-likeness (QED) is 0.866. The summed E-state index contributed by atoms with van der Waals surface area (Å²) in [6.45, 7) is 3.83. The minimum atomic E-state index is -0.425. The summed E-state index contributed by atoms with van der Waals surface area (Å²) in [5.74, 6) is 0.810. The van der Waals surface area contributed by atoms with Crippen molar-refractivity contribution in [1.29, 1.82) is 0 Å². The first kappa shape index (κ1) is 16.6. The summed E-state index contributed by atoms with van der Waals surface area (Å²) in [7, 11) is 0. The van der Waals surface area contributed by atoms with E-state index in [0.29, 0.717) is 34.0 Å². The van der Waals surface area contributed by atoms with Crippen LogP contribution in [0.4, 0.5) is 6.01 Å². The number of carbonyl (C=O) groups is 1. The van der Waals surface area contributed by atoms with Gasteiger partial charge in [0.2, 0.25) is 5.89 Å². The molecule has 1 amide bonds. The van der Waals surface area contributed by atoms with Crippen LogP contribution in [0, 0.1) is 5.92 Å². The van der Waals surface area contributed by atoms with Gasteiger partial charge in [-0.2, -0.15) is 0 Å². The van der Waals surface area contributed by atoms with E-state index in [-0.39, 0.29) is 12.6 Å². The number of nitrogens with one attached hydrogen (secondary N) is 1. The molecule has 1 aromatic carbocycles. The van der Waals surface area contributed by atoms with Crippen molar-refractivity contribution in [2.24, 2.45) is 5.92 Å². The Kier molecular flexibility index (Phi) is 5.63. The van der Waals surface area contributed by atoms with Crippen molar-refractivity contribution in [3.05, 3.63) is 34.1 Å². The summed E-state index contributed by atoms with van der Waals surface area (Å²) >= 11 is 11.7. The van der Waals surface area contributed by atoms with Crippen LogP contribution in [0.1, 0.15) is 19.7 Å². The van der Waals surface area contributed by atoms with Gasteiger partial charge < -0.3 is 9.15 Å². The van der Waals surface area contributed by atoms with Crippen molar-refractivity contribution in [3.8, 4) is 5.75 Å². The lowest BCUT2D eigenvalue weighted by Gasteiger charge is -2.07. The first-order valence-electron chi connectivity index (χ1n) is 6.64. The molecule has 1 aromatic heterocycles. The molecule has 2 aromatic rings. The van der Waals surface area contributed by atoms with E-state index in [2.05, 4.69) is 15.5 Å².